The number of hydrogen-bond donors (Lipinski definition) is 3. The molecule has 4 rings (SSSR count). The minimum Gasteiger partial charge on any atom is -0.394 e. The number of nitrogens with one attached hydrogen (secondary N) is 1. The Bertz CT molecular complexity index is 935. The normalized spacial score (nSPS) is 35.1. The minimum atomic E-state index is -3.76. The number of aliphatic imine (C=N–C) groups is 1. The minimum absolute atomic E-state index is 0.117. The Labute approximate surface area is 181 Å². The van der Waals surface area contributed by atoms with E-state index >= 15 is 0 Å². The monoisotopic (exact) mass is 479 g/mol. The number of rotatable bonds is 4. The number of ether oxygens (including phenoxy) is 1. The lowest BCUT2D eigenvalue weighted by atomic mass is 10.1. The maximum atomic E-state index is 14.3. The van der Waals surface area contributed by atoms with Crippen LogP contribution in [0.4, 0.5) is 8.78 Å². The molecule has 2 saturated heterocycles. The molecule has 0 radical (unpaired) electrons. The summed E-state index contributed by atoms with van der Waals surface area (Å²) in [5.74, 6) is -3.49. The molecule has 3 heterocycles. The summed E-state index contributed by atoms with van der Waals surface area (Å²) < 4.78 is 57.6. The van der Waals surface area contributed by atoms with Gasteiger partial charge in [-0.15, -0.1) is 0 Å². The summed E-state index contributed by atoms with van der Waals surface area (Å²) in [6.07, 6.45) is -2.78. The maximum absolute atomic E-state index is 14.3. The zero-order valence-electron chi connectivity index (χ0n) is 16.1. The van der Waals surface area contributed by atoms with Crippen LogP contribution in [0.1, 0.15) is 18.1 Å². The Balaban J connectivity index is 1.40. The van der Waals surface area contributed by atoms with E-state index < -0.39 is 44.8 Å². The first-order valence-corrected chi connectivity index (χ1v) is 11.4. The molecule has 5 atom stereocenters. The molecule has 170 valence electrons. The van der Waals surface area contributed by atoms with Crippen LogP contribution in [0.5, 0.6) is 0 Å². The molecule has 9 nitrogen and oxygen atoms in total. The first-order chi connectivity index (χ1) is 14.7. The molecule has 3 N–H and O–H groups in total. The third-order valence-corrected chi connectivity index (χ3v) is 6.86. The molecule has 3 aliphatic heterocycles. The second-order valence-electron chi connectivity index (χ2n) is 7.22. The molecule has 0 saturated carbocycles. The SMILES string of the molecule is O=[P@@]1(NC2=NCN([C@@H]3O[C@H](CO)[C@@H](O)C3(F)F)C=C2)OCC[C@@H](c2cccc(Cl)c2)O1. The summed E-state index contributed by atoms with van der Waals surface area (Å²) in [5.41, 5.74) is 0.753. The van der Waals surface area contributed by atoms with Gasteiger partial charge in [0.25, 0.3) is 0 Å². The maximum Gasteiger partial charge on any atom is 0.434 e. The number of aliphatic hydroxyl groups is 2. The van der Waals surface area contributed by atoms with Crippen LogP contribution in [0.25, 0.3) is 0 Å². The van der Waals surface area contributed by atoms with Crippen LogP contribution in [0, 0.1) is 0 Å². The Kier molecular flexibility index (Phi) is 6.37. The molecule has 0 amide bonds. The predicted octanol–water partition coefficient (Wildman–Crippen LogP) is 2.41. The third kappa shape index (κ3) is 4.63. The highest BCUT2D eigenvalue weighted by Gasteiger charge is 2.60. The molecule has 0 spiro atoms. The largest absolute Gasteiger partial charge is 0.434 e. The molecular weight excluding hydrogens is 459 g/mol. The molecule has 0 bridgehead atoms. The van der Waals surface area contributed by atoms with Crippen molar-refractivity contribution >= 4 is 25.2 Å². The van der Waals surface area contributed by atoms with E-state index in [0.29, 0.717) is 11.4 Å². The van der Waals surface area contributed by atoms with Crippen LogP contribution in [0.15, 0.2) is 41.5 Å². The molecule has 1 aromatic carbocycles. The van der Waals surface area contributed by atoms with Gasteiger partial charge < -0.3 is 19.8 Å². The van der Waals surface area contributed by atoms with Gasteiger partial charge in [0.2, 0.25) is 0 Å². The van der Waals surface area contributed by atoms with Crippen LogP contribution in [-0.2, 0) is 18.3 Å². The second-order valence-corrected chi connectivity index (χ2v) is 9.35. The first kappa shape index (κ1) is 22.6. The van der Waals surface area contributed by atoms with Gasteiger partial charge in [-0.3, -0.25) is 14.1 Å². The number of hydrogen-bond acceptors (Lipinski definition) is 8. The quantitative estimate of drug-likeness (QED) is 0.564. The number of aliphatic hydroxyl groups excluding tert-OH is 2. The molecule has 0 aliphatic carbocycles. The van der Waals surface area contributed by atoms with E-state index in [1.54, 1.807) is 24.3 Å². The van der Waals surface area contributed by atoms with Crippen LogP contribution < -0.4 is 5.09 Å². The molecule has 31 heavy (non-hydrogen) atoms. The summed E-state index contributed by atoms with van der Waals surface area (Å²) in [5, 5.41) is 21.9. The van der Waals surface area contributed by atoms with Crippen molar-refractivity contribution in [1.29, 1.82) is 0 Å². The lowest BCUT2D eigenvalue weighted by molar-refractivity contribution is -0.155. The van der Waals surface area contributed by atoms with Crippen molar-refractivity contribution in [2.24, 2.45) is 4.99 Å². The number of alkyl halides is 2. The van der Waals surface area contributed by atoms with E-state index in [0.717, 1.165) is 10.5 Å². The van der Waals surface area contributed by atoms with Crippen molar-refractivity contribution in [3.63, 3.8) is 0 Å². The summed E-state index contributed by atoms with van der Waals surface area (Å²) in [6.45, 7) is -0.832. The Morgan fingerprint density at radius 2 is 2.23 bits per heavy atom. The van der Waals surface area contributed by atoms with Crippen LogP contribution in [0.2, 0.25) is 5.02 Å². The Hall–Kier alpha value is -1.59. The zero-order chi connectivity index (χ0) is 22.2. The van der Waals surface area contributed by atoms with Crippen LogP contribution in [-0.4, -0.2) is 65.2 Å². The lowest BCUT2D eigenvalue weighted by Gasteiger charge is -2.33. The number of halogens is 3. The average molecular weight is 480 g/mol. The van der Waals surface area contributed by atoms with E-state index in [2.05, 4.69) is 10.1 Å². The Morgan fingerprint density at radius 1 is 1.42 bits per heavy atom. The van der Waals surface area contributed by atoms with E-state index in [1.807, 2.05) is 0 Å². The first-order valence-electron chi connectivity index (χ1n) is 9.49. The molecule has 1 aromatic rings. The van der Waals surface area contributed by atoms with Gasteiger partial charge in [0, 0.05) is 17.6 Å². The molecule has 2 fully saturated rings. The fourth-order valence-corrected chi connectivity index (χ4v) is 5.19. The number of benzene rings is 1. The molecular formula is C18H21ClF2N3O6P. The van der Waals surface area contributed by atoms with E-state index in [4.69, 9.17) is 30.5 Å². The fraction of sp³-hybridized carbons (Fsp3) is 0.500. The standard InChI is InChI=1S/C18H21ClF2N3O6P/c19-12-3-1-2-11(8-12)13-5-7-28-31(27,30-13)23-15-4-6-24(10-22-15)17-18(20,21)16(26)14(9-25)29-17/h1-4,6,8,13-14,16-17,25-26H,5,7,9-10H2,(H,22,23,27)/t13-,14+,16+,17+,31-/m0/s1. The van der Waals surface area contributed by atoms with Crippen LogP contribution in [0.3, 0.4) is 0 Å². The van der Waals surface area contributed by atoms with Gasteiger partial charge >= 0.3 is 13.7 Å². The molecule has 0 unspecified atom stereocenters. The number of amidine groups is 1. The highest BCUT2D eigenvalue weighted by molar-refractivity contribution is 7.52. The van der Waals surface area contributed by atoms with E-state index in [-0.39, 0.29) is 19.1 Å². The summed E-state index contributed by atoms with van der Waals surface area (Å²) in [6, 6.07) is 7.00. The summed E-state index contributed by atoms with van der Waals surface area (Å²) in [7, 11) is -3.76. The summed E-state index contributed by atoms with van der Waals surface area (Å²) in [4.78, 5) is 5.15. The Morgan fingerprint density at radius 3 is 2.87 bits per heavy atom. The number of nitrogens with zero attached hydrogens (tertiary/aromatic N) is 2. The third-order valence-electron chi connectivity index (χ3n) is 5.07. The smallest absolute Gasteiger partial charge is 0.394 e. The topological polar surface area (TPSA) is 113 Å². The zero-order valence-corrected chi connectivity index (χ0v) is 17.8. The van der Waals surface area contributed by atoms with Crippen LogP contribution >= 0.6 is 19.3 Å². The van der Waals surface area contributed by atoms with Gasteiger partial charge in [-0.2, -0.15) is 8.78 Å². The van der Waals surface area contributed by atoms with Crippen molar-refractivity contribution in [2.75, 3.05) is 19.9 Å². The van der Waals surface area contributed by atoms with Gasteiger partial charge in [0.05, 0.1) is 19.3 Å². The average Bonchev–Trinajstić information content (AvgIpc) is 2.97. The molecule has 0 aromatic heterocycles. The van der Waals surface area contributed by atoms with Crippen molar-refractivity contribution in [2.45, 2.75) is 36.9 Å². The summed E-state index contributed by atoms with van der Waals surface area (Å²) >= 11 is 6.01. The van der Waals surface area contributed by atoms with Crippen molar-refractivity contribution in [3.05, 3.63) is 47.1 Å². The highest BCUT2D eigenvalue weighted by atomic mass is 35.5. The predicted molar refractivity (Wildman–Crippen MR) is 107 cm³/mol. The van der Waals surface area contributed by atoms with Gasteiger partial charge in [0.15, 0.2) is 12.3 Å². The highest BCUT2D eigenvalue weighted by Crippen LogP contribution is 2.53. The van der Waals surface area contributed by atoms with Crippen molar-refractivity contribution < 1.29 is 37.3 Å². The van der Waals surface area contributed by atoms with E-state index in [9.17, 15) is 18.5 Å². The molecule has 3 aliphatic rings. The van der Waals surface area contributed by atoms with E-state index in [1.165, 1.54) is 12.3 Å². The van der Waals surface area contributed by atoms with Crippen molar-refractivity contribution in [3.8, 4) is 0 Å². The van der Waals surface area contributed by atoms with Gasteiger partial charge in [0.1, 0.15) is 18.6 Å². The van der Waals surface area contributed by atoms with Crippen molar-refractivity contribution in [1.82, 2.24) is 9.99 Å². The van der Waals surface area contributed by atoms with Gasteiger partial charge in [-0.1, -0.05) is 23.7 Å². The fourth-order valence-electron chi connectivity index (χ4n) is 3.48. The lowest BCUT2D eigenvalue weighted by Crippen LogP contribution is -2.48. The van der Waals surface area contributed by atoms with Gasteiger partial charge in [-0.25, -0.2) is 9.56 Å². The molecule has 13 heteroatoms. The second kappa shape index (κ2) is 8.74. The van der Waals surface area contributed by atoms with Gasteiger partial charge in [-0.05, 0) is 23.8 Å².